The van der Waals surface area contributed by atoms with Crippen molar-refractivity contribution in [2.75, 3.05) is 26.3 Å². The summed E-state index contributed by atoms with van der Waals surface area (Å²) in [5.74, 6) is -1.38. The third-order valence-electron chi connectivity index (χ3n) is 14.7. The van der Waals surface area contributed by atoms with Crippen molar-refractivity contribution in [3.63, 3.8) is 0 Å². The SMILES string of the molecule is CC(C)(C)OC(=O)CC(NCCCC[C@@H](NC(=O)CCCOc1ccc2ccccc2c1-c1c(OCCCC(=O)N[C@H](CCCCNC(NC(=O)OC(C)(C)C)NC(=O)OC(C)(C)C)C(=O)OCc2ccccc2)ccc2ccccc12)C(=O)OCc1ccccc1)NC(=O)OC(C)(C)C. The normalized spacial score (nSPS) is 12.7. The second kappa shape index (κ2) is 38.8. The highest BCUT2D eigenvalue weighted by atomic mass is 16.6. The number of nitrogens with one attached hydrogen (secondary N) is 7. The zero-order chi connectivity index (χ0) is 72.9. The maximum Gasteiger partial charge on any atom is 0.410 e. The largest absolute Gasteiger partial charge is 0.493 e. The molecule has 7 N–H and O–H groups in total. The molecular formula is C77H103N7O16. The van der Waals surface area contributed by atoms with Gasteiger partial charge >= 0.3 is 36.2 Å². The number of fused-ring (bicyclic) bond motifs is 2. The molecule has 100 heavy (non-hydrogen) atoms. The van der Waals surface area contributed by atoms with Crippen molar-refractivity contribution in [3.05, 3.63) is 145 Å². The van der Waals surface area contributed by atoms with Crippen LogP contribution in [0.25, 0.3) is 32.7 Å². The fourth-order valence-corrected chi connectivity index (χ4v) is 10.4. The molecule has 0 aromatic heterocycles. The molecular weight excluding hydrogens is 1280 g/mol. The van der Waals surface area contributed by atoms with Crippen LogP contribution in [0.3, 0.4) is 0 Å². The zero-order valence-electron chi connectivity index (χ0n) is 60.1. The lowest BCUT2D eigenvalue weighted by atomic mass is 9.92. The number of alkyl carbamates (subject to hydrolysis) is 3. The summed E-state index contributed by atoms with van der Waals surface area (Å²) in [4.78, 5) is 106. The molecule has 0 saturated carbocycles. The van der Waals surface area contributed by atoms with Gasteiger partial charge in [0.15, 0.2) is 6.29 Å². The molecule has 0 spiro atoms. The number of ether oxygens (including phenoxy) is 8. The van der Waals surface area contributed by atoms with Gasteiger partial charge in [-0.25, -0.2) is 24.0 Å². The molecule has 23 heteroatoms. The molecule has 23 nitrogen and oxygen atoms in total. The minimum atomic E-state index is -1.06. The Morgan fingerprint density at radius 1 is 0.390 bits per heavy atom. The fraction of sp³-hybridized carbons (Fsp3) is 0.481. The van der Waals surface area contributed by atoms with E-state index in [0.29, 0.717) is 43.7 Å². The Bertz CT molecular complexity index is 3340. The van der Waals surface area contributed by atoms with Gasteiger partial charge in [0, 0.05) is 24.0 Å². The summed E-state index contributed by atoms with van der Waals surface area (Å²) in [5.41, 5.74) is -0.00264. The predicted molar refractivity (Wildman–Crippen MR) is 383 cm³/mol. The van der Waals surface area contributed by atoms with Crippen LogP contribution in [-0.4, -0.2) is 121 Å². The average molecular weight is 1380 g/mol. The zero-order valence-corrected chi connectivity index (χ0v) is 60.1. The number of amides is 5. The average Bonchev–Trinajstić information content (AvgIpc) is 0.755. The summed E-state index contributed by atoms with van der Waals surface area (Å²) in [6.07, 6.45) is -1.34. The number of unbranched alkanes of at least 4 members (excludes halogenated alkanes) is 2. The Balaban J connectivity index is 1.10. The molecule has 0 aliphatic rings. The molecule has 542 valence electrons. The lowest BCUT2D eigenvalue weighted by Gasteiger charge is -2.26. The molecule has 0 fully saturated rings. The van der Waals surface area contributed by atoms with Gasteiger partial charge in [-0.3, -0.25) is 35.7 Å². The summed E-state index contributed by atoms with van der Waals surface area (Å²) >= 11 is 0. The van der Waals surface area contributed by atoms with Crippen LogP contribution in [0.15, 0.2) is 133 Å². The first-order chi connectivity index (χ1) is 47.4. The number of rotatable bonds is 36. The van der Waals surface area contributed by atoms with Crippen molar-refractivity contribution in [2.45, 2.75) is 214 Å². The highest BCUT2D eigenvalue weighted by Gasteiger charge is 2.29. The molecule has 0 aliphatic carbocycles. The molecule has 0 radical (unpaired) electrons. The molecule has 0 aliphatic heterocycles. The minimum absolute atomic E-state index is 0.00622. The van der Waals surface area contributed by atoms with Gasteiger partial charge in [-0.15, -0.1) is 0 Å². The Kier molecular flexibility index (Phi) is 30.8. The van der Waals surface area contributed by atoms with Gasteiger partial charge in [0.05, 0.1) is 25.8 Å². The van der Waals surface area contributed by atoms with Gasteiger partial charge in [-0.05, 0) is 192 Å². The number of carbonyl (C=O) groups excluding carboxylic acids is 8. The van der Waals surface area contributed by atoms with E-state index in [0.717, 1.165) is 43.8 Å². The second-order valence-electron chi connectivity index (χ2n) is 28.3. The predicted octanol–water partition coefficient (Wildman–Crippen LogP) is 12.9. The highest BCUT2D eigenvalue weighted by molar-refractivity contribution is 6.09. The first kappa shape index (κ1) is 79.5. The molecule has 5 amide bonds. The Labute approximate surface area is 587 Å². The van der Waals surface area contributed by atoms with Gasteiger partial charge in [0.25, 0.3) is 0 Å². The van der Waals surface area contributed by atoms with Gasteiger partial charge in [-0.2, -0.15) is 0 Å². The van der Waals surface area contributed by atoms with Crippen molar-refractivity contribution >= 4 is 69.5 Å². The van der Waals surface area contributed by atoms with Crippen LogP contribution in [0.5, 0.6) is 11.5 Å². The molecule has 6 rings (SSSR count). The summed E-state index contributed by atoms with van der Waals surface area (Å²) in [6, 6.07) is 40.1. The minimum Gasteiger partial charge on any atom is -0.493 e. The lowest BCUT2D eigenvalue weighted by Crippen LogP contribution is -2.58. The van der Waals surface area contributed by atoms with Gasteiger partial charge in [-0.1, -0.05) is 121 Å². The third-order valence-corrected chi connectivity index (χ3v) is 14.7. The first-order valence-corrected chi connectivity index (χ1v) is 34.3. The number of hydrogen-bond donors (Lipinski definition) is 7. The number of esters is 3. The van der Waals surface area contributed by atoms with Gasteiger partial charge < -0.3 is 53.8 Å². The molecule has 3 atom stereocenters. The number of hydrogen-bond acceptors (Lipinski definition) is 18. The van der Waals surface area contributed by atoms with Crippen molar-refractivity contribution < 1.29 is 76.3 Å². The van der Waals surface area contributed by atoms with Crippen LogP contribution in [0, 0.1) is 0 Å². The van der Waals surface area contributed by atoms with Gasteiger partial charge in [0.2, 0.25) is 11.8 Å². The van der Waals surface area contributed by atoms with Crippen LogP contribution in [0.4, 0.5) is 14.4 Å². The van der Waals surface area contributed by atoms with E-state index in [4.69, 9.17) is 37.9 Å². The van der Waals surface area contributed by atoms with E-state index in [2.05, 4.69) is 37.2 Å². The van der Waals surface area contributed by atoms with E-state index in [-0.39, 0.29) is 89.7 Å². The summed E-state index contributed by atoms with van der Waals surface area (Å²) in [7, 11) is 0. The highest BCUT2D eigenvalue weighted by Crippen LogP contribution is 2.45. The summed E-state index contributed by atoms with van der Waals surface area (Å²) in [6.45, 7) is 21.7. The molecule has 6 aromatic rings. The van der Waals surface area contributed by atoms with Crippen LogP contribution in [0.1, 0.15) is 165 Å². The van der Waals surface area contributed by atoms with Crippen LogP contribution in [-0.2, 0) is 65.6 Å². The van der Waals surface area contributed by atoms with Crippen LogP contribution in [0.2, 0.25) is 0 Å². The maximum absolute atomic E-state index is 13.8. The molecule has 6 aromatic carbocycles. The topological polar surface area (TPSA) is 295 Å². The summed E-state index contributed by atoms with van der Waals surface area (Å²) < 4.78 is 46.5. The monoisotopic (exact) mass is 1380 g/mol. The number of benzene rings is 6. The van der Waals surface area contributed by atoms with E-state index in [1.165, 1.54) is 0 Å². The smallest absolute Gasteiger partial charge is 0.410 e. The van der Waals surface area contributed by atoms with Crippen molar-refractivity contribution in [2.24, 2.45) is 0 Å². The van der Waals surface area contributed by atoms with E-state index in [1.54, 1.807) is 83.1 Å². The summed E-state index contributed by atoms with van der Waals surface area (Å²) in [5, 5.41) is 23.7. The van der Waals surface area contributed by atoms with Crippen molar-refractivity contribution in [3.8, 4) is 22.6 Å². The van der Waals surface area contributed by atoms with E-state index < -0.39 is 83.1 Å². The van der Waals surface area contributed by atoms with E-state index in [1.807, 2.05) is 133 Å². The quantitative estimate of drug-likeness (QED) is 0.00832. The molecule has 1 unspecified atom stereocenters. The fourth-order valence-electron chi connectivity index (χ4n) is 10.4. The Hall–Kier alpha value is -9.48. The lowest BCUT2D eigenvalue weighted by molar-refractivity contribution is -0.155. The third kappa shape index (κ3) is 29.9. The van der Waals surface area contributed by atoms with Gasteiger partial charge in [0.1, 0.15) is 59.2 Å². The standard InChI is InChI=1S/C77H103N7O16/c1-74(2,3)97-65(87)49-62(82-71(90)98-75(4,5)6)78-45-25-23-37-58(68(88)95-50-52-29-15-13-16-30-52)80-63(85)39-27-47-93-60-43-41-54-33-19-21-35-56(54)66(60)67-57-36-22-20-34-55(57)42-44-61(67)94-48-28-40-64(86)81-59(69(89)96-51-53-31-17-14-18-32-53)38-24-26-46-79-70(83-72(91)99-76(7,8)9)84-73(92)100-77(10,11)12/h13-22,29-36,41-44,58-59,62,70,78-79H,23-28,37-40,45-51H2,1-12H3,(H,80,85)(H,81,86)(H,82,90)(H,83,91)(H,84,92)/t58-,59-,62?/m1/s1. The Morgan fingerprint density at radius 2 is 0.770 bits per heavy atom. The molecule has 0 heterocycles. The van der Waals surface area contributed by atoms with Crippen LogP contribution >= 0.6 is 0 Å². The van der Waals surface area contributed by atoms with E-state index in [9.17, 15) is 38.4 Å². The second-order valence-corrected chi connectivity index (χ2v) is 28.3. The van der Waals surface area contributed by atoms with Crippen molar-refractivity contribution in [1.82, 2.24) is 37.2 Å². The first-order valence-electron chi connectivity index (χ1n) is 34.3. The maximum atomic E-state index is 13.8. The molecule has 0 saturated heterocycles. The molecule has 0 bridgehead atoms. The number of carbonyl (C=O) groups is 8. The van der Waals surface area contributed by atoms with E-state index >= 15 is 0 Å². The van der Waals surface area contributed by atoms with Crippen molar-refractivity contribution in [1.29, 1.82) is 0 Å². The Morgan fingerprint density at radius 3 is 1.18 bits per heavy atom. The van der Waals surface area contributed by atoms with Crippen LogP contribution < -0.4 is 46.7 Å².